The van der Waals surface area contributed by atoms with Crippen molar-refractivity contribution in [3.8, 4) is 16.9 Å². The lowest BCUT2D eigenvalue weighted by Crippen LogP contribution is -2.53. The highest BCUT2D eigenvalue weighted by atomic mass is 16.6. The molecule has 3 atom stereocenters. The largest absolute Gasteiger partial charge is 0.496 e. The highest BCUT2D eigenvalue weighted by Crippen LogP contribution is 2.44. The van der Waals surface area contributed by atoms with E-state index in [1.807, 2.05) is 59.2 Å². The molecule has 3 aromatic rings. The Bertz CT molecular complexity index is 1850. The molecule has 3 saturated heterocycles. The summed E-state index contributed by atoms with van der Waals surface area (Å²) in [4.78, 5) is 51.8. The summed E-state index contributed by atoms with van der Waals surface area (Å²) in [5.74, 6) is 0.670. The van der Waals surface area contributed by atoms with Crippen LogP contribution in [0, 0.1) is 6.92 Å². The van der Waals surface area contributed by atoms with Crippen LogP contribution in [0.5, 0.6) is 5.75 Å². The molecule has 1 aliphatic carbocycles. The number of methoxy groups -OCH3 is 1. The van der Waals surface area contributed by atoms with Crippen molar-refractivity contribution in [3.05, 3.63) is 99.4 Å². The summed E-state index contributed by atoms with van der Waals surface area (Å²) in [6.45, 7) is 5.22. The van der Waals surface area contributed by atoms with Crippen molar-refractivity contribution in [1.82, 2.24) is 24.9 Å². The van der Waals surface area contributed by atoms with Crippen molar-refractivity contribution in [2.45, 2.75) is 76.0 Å². The van der Waals surface area contributed by atoms with Crippen LogP contribution in [0.2, 0.25) is 0 Å². The average Bonchev–Trinajstić information content (AvgIpc) is 4.02. The Balaban J connectivity index is 1.05. The first-order valence-corrected chi connectivity index (χ1v) is 19.2. The van der Waals surface area contributed by atoms with Crippen LogP contribution in [0.1, 0.15) is 66.7 Å². The Labute approximate surface area is 316 Å². The van der Waals surface area contributed by atoms with Crippen LogP contribution >= 0.6 is 0 Å². The number of azide groups is 1. The van der Waals surface area contributed by atoms with Crippen LogP contribution in [0.15, 0.2) is 71.8 Å². The maximum Gasteiger partial charge on any atom is 0.410 e. The summed E-state index contributed by atoms with van der Waals surface area (Å²) < 4.78 is 11.8. The zero-order chi connectivity index (χ0) is 37.6. The lowest BCUT2D eigenvalue weighted by atomic mass is 9.98. The van der Waals surface area contributed by atoms with Gasteiger partial charge in [0.2, 0.25) is 0 Å². The van der Waals surface area contributed by atoms with Gasteiger partial charge in [-0.05, 0) is 84.9 Å². The Morgan fingerprint density at radius 3 is 2.22 bits per heavy atom. The number of hydrogen-bond donors (Lipinski definition) is 1. The van der Waals surface area contributed by atoms with Crippen molar-refractivity contribution in [2.24, 2.45) is 5.11 Å². The third-order valence-electron chi connectivity index (χ3n) is 11.6. The number of rotatable bonds is 11. The number of benzene rings is 3. The number of ether oxygens (including phenoxy) is 2. The van der Waals surface area contributed by atoms with E-state index in [0.717, 1.165) is 60.8 Å². The quantitative estimate of drug-likeness (QED) is 0.125. The first-order valence-electron chi connectivity index (χ1n) is 19.2. The second-order valence-corrected chi connectivity index (χ2v) is 14.9. The van der Waals surface area contributed by atoms with Crippen LogP contribution in [0.25, 0.3) is 21.6 Å². The van der Waals surface area contributed by atoms with Gasteiger partial charge in [0.15, 0.2) is 0 Å². The van der Waals surface area contributed by atoms with E-state index < -0.39 is 0 Å². The van der Waals surface area contributed by atoms with Crippen molar-refractivity contribution in [1.29, 1.82) is 0 Å². The molecule has 4 aliphatic rings. The van der Waals surface area contributed by atoms with Crippen molar-refractivity contribution >= 4 is 18.2 Å². The van der Waals surface area contributed by atoms with Gasteiger partial charge >= 0.3 is 18.2 Å². The number of aryl methyl sites for hydroxylation is 1. The molecule has 5 amide bonds. The molecule has 0 saturated carbocycles. The van der Waals surface area contributed by atoms with Crippen LogP contribution in [0.4, 0.5) is 14.4 Å². The molecular weight excluding hydrogens is 685 g/mol. The van der Waals surface area contributed by atoms with Gasteiger partial charge in [-0.2, -0.15) is 0 Å². The third kappa shape index (κ3) is 7.77. The predicted molar refractivity (Wildman–Crippen MR) is 205 cm³/mol. The van der Waals surface area contributed by atoms with Crippen LogP contribution < -0.4 is 10.1 Å². The Hall–Kier alpha value is -5.42. The molecular formula is C41H50N8O5. The van der Waals surface area contributed by atoms with Gasteiger partial charge < -0.3 is 34.4 Å². The van der Waals surface area contributed by atoms with E-state index in [4.69, 9.17) is 15.0 Å². The van der Waals surface area contributed by atoms with Gasteiger partial charge in [-0.25, -0.2) is 14.4 Å². The van der Waals surface area contributed by atoms with Crippen molar-refractivity contribution < 1.29 is 23.9 Å². The zero-order valence-electron chi connectivity index (χ0n) is 31.2. The van der Waals surface area contributed by atoms with Gasteiger partial charge in [-0.3, -0.25) is 0 Å². The molecule has 54 heavy (non-hydrogen) atoms. The first-order chi connectivity index (χ1) is 26.4. The van der Waals surface area contributed by atoms with Gasteiger partial charge in [0.25, 0.3) is 0 Å². The Kier molecular flexibility index (Phi) is 11.4. The van der Waals surface area contributed by atoms with Gasteiger partial charge in [0, 0.05) is 61.7 Å². The van der Waals surface area contributed by atoms with Gasteiger partial charge in [-0.1, -0.05) is 65.8 Å². The highest BCUT2D eigenvalue weighted by molar-refractivity contribution is 5.79. The number of nitrogens with zero attached hydrogens (tertiary/aromatic N) is 7. The summed E-state index contributed by atoms with van der Waals surface area (Å²) >= 11 is 0. The number of hydrogen-bond acceptors (Lipinski definition) is 6. The smallest absolute Gasteiger partial charge is 0.410 e. The second-order valence-electron chi connectivity index (χ2n) is 14.9. The molecule has 3 heterocycles. The van der Waals surface area contributed by atoms with E-state index >= 15 is 0 Å². The standard InChI is InChI=1S/C41H50N8O5/c1-28-17-18-29(38(22-28)53-2)25-46(40(51)48-20-8-10-30(48)23-43-39(50)47-19-7-11-31(47)24-44-45-42)26-32-12-9-21-49(32)41(52)54-27-37-35-15-5-3-13-33(35)34-14-4-6-16-36(34)37/h3-6,13-18,22,30-32,37H,7-12,19-21,23-27H2,1-2H3,(H,43,50)/t30-,31-,32?/m0/s1. The molecule has 0 spiro atoms. The minimum atomic E-state index is -0.359. The maximum absolute atomic E-state index is 14.6. The van der Waals surface area contributed by atoms with Crippen molar-refractivity contribution in [3.63, 3.8) is 0 Å². The number of likely N-dealkylation sites (tertiary alicyclic amines) is 3. The summed E-state index contributed by atoms with van der Waals surface area (Å²) in [6.07, 6.45) is 4.47. The monoisotopic (exact) mass is 734 g/mol. The fourth-order valence-corrected chi connectivity index (χ4v) is 8.81. The zero-order valence-corrected chi connectivity index (χ0v) is 31.2. The lowest BCUT2D eigenvalue weighted by Gasteiger charge is -2.36. The highest BCUT2D eigenvalue weighted by Gasteiger charge is 2.38. The molecule has 0 bridgehead atoms. The Morgan fingerprint density at radius 2 is 1.52 bits per heavy atom. The number of amides is 5. The van der Waals surface area contributed by atoms with E-state index in [2.05, 4.69) is 39.6 Å². The summed E-state index contributed by atoms with van der Waals surface area (Å²) in [5, 5.41) is 6.76. The van der Waals surface area contributed by atoms with E-state index in [0.29, 0.717) is 45.0 Å². The van der Waals surface area contributed by atoms with Gasteiger partial charge in [-0.15, -0.1) is 0 Å². The molecule has 3 fully saturated rings. The molecule has 13 nitrogen and oxygen atoms in total. The fraction of sp³-hybridized carbons (Fsp3) is 0.488. The molecule has 284 valence electrons. The molecule has 1 N–H and O–H groups in total. The minimum Gasteiger partial charge on any atom is -0.496 e. The van der Waals surface area contributed by atoms with E-state index in [-0.39, 0.29) is 55.4 Å². The molecule has 3 aliphatic heterocycles. The molecule has 13 heteroatoms. The maximum atomic E-state index is 14.6. The predicted octanol–water partition coefficient (Wildman–Crippen LogP) is 7.29. The SMILES string of the molecule is COc1cc(C)ccc1CN(CC1CCCN1C(=O)OCC1c2ccccc2-c2ccccc21)C(=O)N1CCC[C@H]1CNC(=O)N1CCC[C@H]1CN=[N+]=[N-]. The minimum absolute atomic E-state index is 0.0375. The summed E-state index contributed by atoms with van der Waals surface area (Å²) in [6, 6.07) is 21.7. The normalized spacial score (nSPS) is 20.3. The molecule has 0 aromatic heterocycles. The number of nitrogens with one attached hydrogen (secondary N) is 1. The Morgan fingerprint density at radius 1 is 0.870 bits per heavy atom. The molecule has 0 radical (unpaired) electrons. The number of carbonyl (C=O) groups excluding carboxylic acids is 3. The number of urea groups is 2. The van der Waals surface area contributed by atoms with Crippen LogP contribution in [0.3, 0.4) is 0 Å². The molecule has 3 aromatic carbocycles. The van der Waals surface area contributed by atoms with Crippen LogP contribution in [-0.2, 0) is 11.3 Å². The first kappa shape index (κ1) is 36.9. The van der Waals surface area contributed by atoms with Gasteiger partial charge in [0.05, 0.1) is 25.7 Å². The molecule has 1 unspecified atom stereocenters. The van der Waals surface area contributed by atoms with E-state index in [1.165, 1.54) is 11.1 Å². The second kappa shape index (κ2) is 16.7. The number of fused-ring (bicyclic) bond motifs is 3. The van der Waals surface area contributed by atoms with Crippen LogP contribution in [-0.4, -0.2) is 109 Å². The van der Waals surface area contributed by atoms with Gasteiger partial charge in [0.1, 0.15) is 12.4 Å². The number of carbonyl (C=O) groups is 3. The average molecular weight is 735 g/mol. The van der Waals surface area contributed by atoms with E-state index in [9.17, 15) is 14.4 Å². The summed E-state index contributed by atoms with van der Waals surface area (Å²) in [7, 11) is 1.64. The third-order valence-corrected chi connectivity index (χ3v) is 11.6. The fourth-order valence-electron chi connectivity index (χ4n) is 8.81. The molecule has 7 rings (SSSR count). The van der Waals surface area contributed by atoms with E-state index in [1.54, 1.807) is 16.9 Å². The van der Waals surface area contributed by atoms with Crippen molar-refractivity contribution in [2.75, 3.05) is 53.0 Å². The lowest BCUT2D eigenvalue weighted by molar-refractivity contribution is 0.0844. The summed E-state index contributed by atoms with van der Waals surface area (Å²) in [5.41, 5.74) is 15.4. The topological polar surface area (TPSA) is 143 Å².